The number of piperazine rings is 1. The predicted molar refractivity (Wildman–Crippen MR) is 184 cm³/mol. The van der Waals surface area contributed by atoms with E-state index in [1.54, 1.807) is 24.4 Å². The molecular formula is C36H42N6O7S. The number of nitrogens with zero attached hydrogens (tertiary/aromatic N) is 6. The van der Waals surface area contributed by atoms with Crippen molar-refractivity contribution in [2.75, 3.05) is 71.5 Å². The van der Waals surface area contributed by atoms with Crippen molar-refractivity contribution in [3.05, 3.63) is 71.4 Å². The van der Waals surface area contributed by atoms with Crippen molar-refractivity contribution in [1.29, 1.82) is 5.26 Å². The molecule has 0 bridgehead atoms. The Bertz CT molecular complexity index is 1920. The van der Waals surface area contributed by atoms with Crippen LogP contribution in [0, 0.1) is 11.3 Å². The minimum Gasteiger partial charge on any atom is -0.497 e. The van der Waals surface area contributed by atoms with Gasteiger partial charge in [-0.2, -0.15) is 5.26 Å². The Morgan fingerprint density at radius 2 is 1.68 bits per heavy atom. The fraction of sp³-hybridized carbons (Fsp3) is 0.472. The highest BCUT2D eigenvalue weighted by molar-refractivity contribution is 7.93. The number of hydrogen-bond donors (Lipinski definition) is 0. The molecule has 264 valence electrons. The van der Waals surface area contributed by atoms with Crippen molar-refractivity contribution in [2.45, 2.75) is 48.4 Å². The van der Waals surface area contributed by atoms with Crippen molar-refractivity contribution in [1.82, 2.24) is 19.7 Å². The van der Waals surface area contributed by atoms with Crippen LogP contribution in [0.3, 0.4) is 0 Å². The molecule has 0 aliphatic carbocycles. The van der Waals surface area contributed by atoms with Gasteiger partial charge in [0.15, 0.2) is 5.54 Å². The molecule has 1 amide bonds. The molecule has 2 aromatic carbocycles. The van der Waals surface area contributed by atoms with Crippen molar-refractivity contribution >= 4 is 21.6 Å². The molecule has 5 heterocycles. The second kappa shape index (κ2) is 13.5. The topological polar surface area (TPSA) is 138 Å². The zero-order chi connectivity index (χ0) is 35.2. The zero-order valence-electron chi connectivity index (χ0n) is 28.7. The van der Waals surface area contributed by atoms with E-state index in [0.29, 0.717) is 60.7 Å². The van der Waals surface area contributed by atoms with Gasteiger partial charge < -0.3 is 18.9 Å². The number of fused-ring (bicyclic) bond motifs is 1. The molecule has 14 heteroatoms. The summed E-state index contributed by atoms with van der Waals surface area (Å²) in [5.74, 6) is -0.0789. The molecule has 3 aromatic rings. The summed E-state index contributed by atoms with van der Waals surface area (Å²) in [7, 11) is -0.248. The normalized spacial score (nSPS) is 25.1. The third-order valence-corrected chi connectivity index (χ3v) is 12.6. The van der Waals surface area contributed by atoms with Gasteiger partial charge in [0.05, 0.1) is 57.4 Å². The van der Waals surface area contributed by atoms with Crippen molar-refractivity contribution < 1.29 is 32.2 Å². The van der Waals surface area contributed by atoms with Gasteiger partial charge >= 0.3 is 0 Å². The number of amides is 1. The molecule has 3 fully saturated rings. The first-order valence-corrected chi connectivity index (χ1v) is 18.3. The molecule has 0 spiro atoms. The van der Waals surface area contributed by atoms with Crippen LogP contribution in [0.15, 0.2) is 59.6 Å². The second-order valence-electron chi connectivity index (χ2n) is 13.1. The summed E-state index contributed by atoms with van der Waals surface area (Å²) in [5, 5.41) is 10.0. The summed E-state index contributed by atoms with van der Waals surface area (Å²) in [6.07, 6.45) is 3.94. The van der Waals surface area contributed by atoms with Gasteiger partial charge in [-0.15, -0.1) is 0 Å². The quantitative estimate of drug-likeness (QED) is 0.324. The number of carbonyl (C=O) groups excluding carboxylic acids is 1. The van der Waals surface area contributed by atoms with Crippen LogP contribution in [0.1, 0.15) is 36.5 Å². The predicted octanol–water partition coefficient (Wildman–Crippen LogP) is 2.83. The number of ether oxygens (including phenoxy) is 4. The lowest BCUT2D eigenvalue weighted by molar-refractivity contribution is -0.133. The third-order valence-electron chi connectivity index (χ3n) is 10.8. The Labute approximate surface area is 292 Å². The van der Waals surface area contributed by atoms with E-state index >= 15 is 4.79 Å². The third kappa shape index (κ3) is 5.39. The maximum Gasteiger partial charge on any atom is 0.274 e. The van der Waals surface area contributed by atoms with Crippen molar-refractivity contribution in [3.8, 4) is 23.4 Å². The number of hydrogen-bond acceptors (Lipinski definition) is 12. The van der Waals surface area contributed by atoms with E-state index in [9.17, 15) is 13.7 Å². The van der Waals surface area contributed by atoms with Crippen molar-refractivity contribution in [3.63, 3.8) is 0 Å². The van der Waals surface area contributed by atoms with Crippen LogP contribution < -0.4 is 18.5 Å². The number of aromatic nitrogens is 1. The van der Waals surface area contributed by atoms with Gasteiger partial charge in [0.2, 0.25) is 5.88 Å². The largest absolute Gasteiger partial charge is 0.497 e. The number of benzene rings is 2. The number of pyridine rings is 1. The first kappa shape index (κ1) is 34.2. The first-order valence-electron chi connectivity index (χ1n) is 16.9. The number of sulfonamides is 1. The first-order chi connectivity index (χ1) is 24.2. The van der Waals surface area contributed by atoms with Crippen LogP contribution >= 0.6 is 0 Å². The lowest BCUT2D eigenvalue weighted by atomic mass is 9.81. The summed E-state index contributed by atoms with van der Waals surface area (Å²) in [4.78, 5) is 26.7. The molecule has 0 N–H and O–H groups in total. The van der Waals surface area contributed by atoms with Crippen LogP contribution in [-0.4, -0.2) is 119 Å². The van der Waals surface area contributed by atoms with Crippen LogP contribution in [0.5, 0.6) is 17.4 Å². The number of piperidine rings is 1. The van der Waals surface area contributed by atoms with Crippen molar-refractivity contribution in [2.24, 2.45) is 0 Å². The number of carbonyl (C=O) groups is 1. The molecule has 1 aromatic heterocycles. The molecule has 4 aliphatic rings. The van der Waals surface area contributed by atoms with E-state index in [1.165, 1.54) is 51.7 Å². The van der Waals surface area contributed by atoms with Gasteiger partial charge in [-0.25, -0.2) is 17.7 Å². The van der Waals surface area contributed by atoms with E-state index in [-0.39, 0.29) is 28.3 Å². The monoisotopic (exact) mass is 702 g/mol. The summed E-state index contributed by atoms with van der Waals surface area (Å²) in [6.45, 7) is 7.25. The lowest BCUT2D eigenvalue weighted by Crippen LogP contribution is -2.63. The SMILES string of the molecule is COc1ccc(S(=O)(=O)N2C(=O)[C@](c3cccnc3OC)(N3CCN(C4CCN(C5COC5C)CC4)CC3)c3cc(C#N)ccc32)c(OC)c1. The summed E-state index contributed by atoms with van der Waals surface area (Å²) >= 11 is 0. The molecule has 3 atom stereocenters. The highest BCUT2D eigenvalue weighted by atomic mass is 32.2. The Hall–Kier alpha value is -4.26. The highest BCUT2D eigenvalue weighted by Gasteiger charge is 2.61. The van der Waals surface area contributed by atoms with E-state index in [0.717, 1.165) is 36.8 Å². The van der Waals surface area contributed by atoms with Gasteiger partial charge in [0.1, 0.15) is 16.4 Å². The van der Waals surface area contributed by atoms with E-state index < -0.39 is 21.5 Å². The summed E-state index contributed by atoms with van der Waals surface area (Å²) in [6, 6.07) is 15.6. The van der Waals surface area contributed by atoms with Gasteiger partial charge in [-0.05, 0) is 62.2 Å². The molecule has 2 unspecified atom stereocenters. The maximum absolute atomic E-state index is 15.4. The smallest absolute Gasteiger partial charge is 0.274 e. The van der Waals surface area contributed by atoms with Gasteiger partial charge in [-0.3, -0.25) is 19.5 Å². The van der Waals surface area contributed by atoms with Crippen LogP contribution in [0.25, 0.3) is 0 Å². The Morgan fingerprint density at radius 3 is 2.30 bits per heavy atom. The zero-order valence-corrected chi connectivity index (χ0v) is 29.6. The molecule has 7 rings (SSSR count). The standard InChI is InChI=1S/C36H42N6O7S/c1-24-31(23-49-24)40-14-11-26(12-15-40)39-16-18-41(19-17-39)36(28-6-5-13-38-34(28)48-4)29-20-25(22-37)7-9-30(29)42(35(36)43)50(44,45)33-10-8-27(46-2)21-32(33)47-3/h5-10,13,20-21,24,26,31H,11-12,14-19,23H2,1-4H3/t24?,31?,36-/m1/s1. The molecule has 0 radical (unpaired) electrons. The molecule has 4 aliphatic heterocycles. The van der Waals surface area contributed by atoms with Crippen LogP contribution in [0.2, 0.25) is 0 Å². The number of methoxy groups -OCH3 is 3. The van der Waals surface area contributed by atoms with Crippen LogP contribution in [0.4, 0.5) is 5.69 Å². The molecule has 3 saturated heterocycles. The summed E-state index contributed by atoms with van der Waals surface area (Å²) in [5.41, 5.74) is -0.433. The number of nitriles is 1. The highest BCUT2D eigenvalue weighted by Crippen LogP contribution is 2.53. The molecular weight excluding hydrogens is 660 g/mol. The van der Waals surface area contributed by atoms with Gasteiger partial charge in [0.25, 0.3) is 15.9 Å². The second-order valence-corrected chi connectivity index (χ2v) is 14.9. The average molecular weight is 703 g/mol. The average Bonchev–Trinajstić information content (AvgIpc) is 3.42. The Kier molecular flexibility index (Phi) is 9.21. The minimum absolute atomic E-state index is 0.0303. The fourth-order valence-corrected chi connectivity index (χ4v) is 9.72. The summed E-state index contributed by atoms with van der Waals surface area (Å²) < 4.78 is 52.4. The van der Waals surface area contributed by atoms with Crippen LogP contribution in [-0.2, 0) is 25.1 Å². The van der Waals surface area contributed by atoms with E-state index in [1.807, 2.05) is 4.90 Å². The van der Waals surface area contributed by atoms with E-state index in [2.05, 4.69) is 27.8 Å². The number of likely N-dealkylation sites (tertiary alicyclic amines) is 1. The molecule has 50 heavy (non-hydrogen) atoms. The maximum atomic E-state index is 15.4. The molecule has 0 saturated carbocycles. The minimum atomic E-state index is -4.56. The van der Waals surface area contributed by atoms with Gasteiger partial charge in [0, 0.05) is 68.7 Å². The fourth-order valence-electron chi connectivity index (χ4n) is 8.12. The van der Waals surface area contributed by atoms with Gasteiger partial charge in [-0.1, -0.05) is 0 Å². The molecule has 13 nitrogen and oxygen atoms in total. The number of rotatable bonds is 9. The number of anilines is 1. The lowest BCUT2D eigenvalue weighted by Gasteiger charge is -2.49. The Morgan fingerprint density at radius 1 is 0.920 bits per heavy atom. The van der Waals surface area contributed by atoms with E-state index in [4.69, 9.17) is 18.9 Å². The Balaban J connectivity index is 1.29.